The zero-order chi connectivity index (χ0) is 26.5. The van der Waals surface area contributed by atoms with Crippen LogP contribution in [-0.2, 0) is 22.5 Å². The molecule has 37 heavy (non-hydrogen) atoms. The van der Waals surface area contributed by atoms with Gasteiger partial charge in [0.1, 0.15) is 12.4 Å². The Balaban J connectivity index is 1.78. The minimum absolute atomic E-state index is 0.0397. The minimum atomic E-state index is -0.153. The SMILES string of the molecule is CCc1cccc(C)c1N(C(=O)Cn1c(/C=C/c2c(Cl)cccc2Cl)nc2ccccc21)[C@H](C)COC. The minimum Gasteiger partial charge on any atom is -0.383 e. The first-order valence-corrected chi connectivity index (χ1v) is 13.1. The van der Waals surface area contributed by atoms with Gasteiger partial charge in [-0.2, -0.15) is 0 Å². The first-order chi connectivity index (χ1) is 17.8. The number of aromatic nitrogens is 2. The van der Waals surface area contributed by atoms with Crippen LogP contribution in [-0.4, -0.2) is 35.2 Å². The molecule has 1 aromatic heterocycles. The lowest BCUT2D eigenvalue weighted by atomic mass is 10.0. The number of rotatable bonds is 9. The molecule has 0 N–H and O–H groups in total. The van der Waals surface area contributed by atoms with Crippen LogP contribution in [0.25, 0.3) is 23.2 Å². The summed E-state index contributed by atoms with van der Waals surface area (Å²) in [6.07, 6.45) is 4.52. The van der Waals surface area contributed by atoms with Crippen molar-refractivity contribution in [2.75, 3.05) is 18.6 Å². The predicted octanol–water partition coefficient (Wildman–Crippen LogP) is 7.45. The van der Waals surface area contributed by atoms with Crippen LogP contribution in [0.2, 0.25) is 10.0 Å². The van der Waals surface area contributed by atoms with Crippen LogP contribution in [0.5, 0.6) is 0 Å². The van der Waals surface area contributed by atoms with E-state index in [4.69, 9.17) is 32.9 Å². The molecule has 0 aliphatic rings. The molecule has 0 bridgehead atoms. The van der Waals surface area contributed by atoms with E-state index in [1.807, 2.05) is 77.9 Å². The van der Waals surface area contributed by atoms with Gasteiger partial charge >= 0.3 is 0 Å². The Hall–Kier alpha value is -3.12. The van der Waals surface area contributed by atoms with Crippen LogP contribution in [0.4, 0.5) is 5.69 Å². The van der Waals surface area contributed by atoms with Crippen molar-refractivity contribution in [2.45, 2.75) is 39.8 Å². The first kappa shape index (κ1) is 26.9. The fraction of sp³-hybridized carbons (Fsp3) is 0.267. The zero-order valence-corrected chi connectivity index (χ0v) is 23.1. The standard InChI is InChI=1S/C30H31Cl2N3O2/c1-5-22-11-8-10-20(2)30(22)35(21(3)19-37-4)29(36)18-34-27-15-7-6-14-26(27)33-28(34)17-16-23-24(31)12-9-13-25(23)32/h6-17,21H,5,18-19H2,1-4H3/b17-16+/t21-/m1/s1. The van der Waals surface area contributed by atoms with Gasteiger partial charge in [-0.1, -0.05) is 66.5 Å². The van der Waals surface area contributed by atoms with Gasteiger partial charge in [0.2, 0.25) is 5.91 Å². The highest BCUT2D eigenvalue weighted by Gasteiger charge is 2.26. The number of fused-ring (bicyclic) bond motifs is 1. The summed E-state index contributed by atoms with van der Waals surface area (Å²) in [5.41, 5.74) is 5.52. The van der Waals surface area contributed by atoms with Gasteiger partial charge in [-0.25, -0.2) is 4.98 Å². The highest BCUT2D eigenvalue weighted by Crippen LogP contribution is 2.30. The Kier molecular flexibility index (Phi) is 8.70. The molecular formula is C30H31Cl2N3O2. The van der Waals surface area contributed by atoms with Crippen molar-refractivity contribution in [2.24, 2.45) is 0 Å². The van der Waals surface area contributed by atoms with E-state index in [2.05, 4.69) is 13.0 Å². The second-order valence-electron chi connectivity index (χ2n) is 9.02. The summed E-state index contributed by atoms with van der Waals surface area (Å²) in [6, 6.07) is 19.2. The molecule has 7 heteroatoms. The molecule has 1 heterocycles. The van der Waals surface area contributed by atoms with Crippen molar-refractivity contribution in [3.05, 3.63) is 93.2 Å². The highest BCUT2D eigenvalue weighted by atomic mass is 35.5. The fourth-order valence-electron chi connectivity index (χ4n) is 4.68. The van der Waals surface area contributed by atoms with Crippen LogP contribution in [0.3, 0.4) is 0 Å². The quantitative estimate of drug-likeness (QED) is 0.223. The molecule has 3 aromatic carbocycles. The van der Waals surface area contributed by atoms with E-state index in [0.29, 0.717) is 28.0 Å². The van der Waals surface area contributed by atoms with Crippen LogP contribution >= 0.6 is 23.2 Å². The predicted molar refractivity (Wildman–Crippen MR) is 155 cm³/mol. The molecule has 0 saturated carbocycles. The number of para-hydroxylation sites is 3. The van der Waals surface area contributed by atoms with Crippen LogP contribution in [0.1, 0.15) is 36.4 Å². The lowest BCUT2D eigenvalue weighted by Gasteiger charge is -2.32. The highest BCUT2D eigenvalue weighted by molar-refractivity contribution is 6.37. The summed E-state index contributed by atoms with van der Waals surface area (Å²) >= 11 is 12.8. The van der Waals surface area contributed by atoms with Gasteiger partial charge in [0.25, 0.3) is 0 Å². The summed E-state index contributed by atoms with van der Waals surface area (Å²) in [5, 5.41) is 1.10. The molecule has 0 radical (unpaired) electrons. The number of aryl methyl sites for hydroxylation is 2. The number of amides is 1. The third-order valence-corrected chi connectivity index (χ3v) is 7.10. The average molecular weight is 537 g/mol. The Morgan fingerprint density at radius 1 is 1.05 bits per heavy atom. The number of ether oxygens (including phenoxy) is 1. The Labute approximate surface area is 228 Å². The maximum Gasteiger partial charge on any atom is 0.247 e. The molecule has 0 fully saturated rings. The fourth-order valence-corrected chi connectivity index (χ4v) is 5.21. The largest absolute Gasteiger partial charge is 0.383 e. The number of anilines is 1. The zero-order valence-electron chi connectivity index (χ0n) is 21.5. The van der Waals surface area contributed by atoms with E-state index in [0.717, 1.165) is 34.3 Å². The number of hydrogen-bond donors (Lipinski definition) is 0. The van der Waals surface area contributed by atoms with Gasteiger partial charge in [-0.15, -0.1) is 0 Å². The molecule has 1 amide bonds. The maximum atomic E-state index is 14.1. The van der Waals surface area contributed by atoms with Crippen molar-refractivity contribution in [3.8, 4) is 0 Å². The van der Waals surface area contributed by atoms with Gasteiger partial charge in [-0.3, -0.25) is 4.79 Å². The number of methoxy groups -OCH3 is 1. The molecule has 5 nitrogen and oxygen atoms in total. The summed E-state index contributed by atoms with van der Waals surface area (Å²) in [5.74, 6) is 0.604. The molecule has 0 aliphatic carbocycles. The second-order valence-corrected chi connectivity index (χ2v) is 9.83. The lowest BCUT2D eigenvalue weighted by Crippen LogP contribution is -2.44. The topological polar surface area (TPSA) is 47.4 Å². The van der Waals surface area contributed by atoms with E-state index in [1.54, 1.807) is 19.2 Å². The van der Waals surface area contributed by atoms with E-state index < -0.39 is 0 Å². The number of nitrogens with zero attached hydrogens (tertiary/aromatic N) is 3. The van der Waals surface area contributed by atoms with Crippen LogP contribution in [0, 0.1) is 6.92 Å². The van der Waals surface area contributed by atoms with E-state index in [-0.39, 0.29) is 18.5 Å². The maximum absolute atomic E-state index is 14.1. The van der Waals surface area contributed by atoms with E-state index in [1.165, 1.54) is 0 Å². The van der Waals surface area contributed by atoms with Gasteiger partial charge in [0.15, 0.2) is 0 Å². The van der Waals surface area contributed by atoms with Crippen molar-refractivity contribution in [1.82, 2.24) is 9.55 Å². The van der Waals surface area contributed by atoms with Crippen molar-refractivity contribution < 1.29 is 9.53 Å². The second kappa shape index (κ2) is 12.0. The van der Waals surface area contributed by atoms with E-state index >= 15 is 0 Å². The van der Waals surface area contributed by atoms with Gasteiger partial charge in [-0.05, 0) is 67.8 Å². The smallest absolute Gasteiger partial charge is 0.247 e. The summed E-state index contributed by atoms with van der Waals surface area (Å²) < 4.78 is 7.40. The number of imidazole rings is 1. The summed E-state index contributed by atoms with van der Waals surface area (Å²) in [4.78, 5) is 20.8. The molecule has 0 unspecified atom stereocenters. The van der Waals surface area contributed by atoms with Crippen LogP contribution in [0.15, 0.2) is 60.7 Å². The monoisotopic (exact) mass is 535 g/mol. The molecule has 4 aromatic rings. The van der Waals surface area contributed by atoms with Crippen LogP contribution < -0.4 is 4.90 Å². The third-order valence-electron chi connectivity index (χ3n) is 6.44. The average Bonchev–Trinajstić information content (AvgIpc) is 3.22. The van der Waals surface area contributed by atoms with Gasteiger partial charge < -0.3 is 14.2 Å². The van der Waals surface area contributed by atoms with Crippen molar-refractivity contribution in [1.29, 1.82) is 0 Å². The summed E-state index contributed by atoms with van der Waals surface area (Å²) in [6.45, 7) is 6.70. The molecule has 0 aliphatic heterocycles. The summed E-state index contributed by atoms with van der Waals surface area (Å²) in [7, 11) is 1.66. The molecule has 1 atom stereocenters. The molecular weight excluding hydrogens is 505 g/mol. The van der Waals surface area contributed by atoms with Gasteiger partial charge in [0, 0.05) is 22.7 Å². The normalized spacial score (nSPS) is 12.4. The number of carbonyl (C=O) groups is 1. The third kappa shape index (κ3) is 5.74. The molecule has 192 valence electrons. The number of halogens is 2. The Morgan fingerprint density at radius 3 is 2.46 bits per heavy atom. The number of hydrogen-bond acceptors (Lipinski definition) is 3. The Bertz CT molecular complexity index is 1420. The molecule has 0 saturated heterocycles. The molecule has 0 spiro atoms. The van der Waals surface area contributed by atoms with Gasteiger partial charge in [0.05, 0.1) is 29.4 Å². The molecule has 4 rings (SSSR count). The first-order valence-electron chi connectivity index (χ1n) is 12.3. The van der Waals surface area contributed by atoms with Crippen molar-refractivity contribution in [3.63, 3.8) is 0 Å². The number of carbonyl (C=O) groups excluding carboxylic acids is 1. The number of benzene rings is 3. The Morgan fingerprint density at radius 2 is 1.76 bits per heavy atom. The van der Waals surface area contributed by atoms with E-state index in [9.17, 15) is 4.79 Å². The van der Waals surface area contributed by atoms with Crippen molar-refractivity contribution >= 4 is 58.0 Å². The lowest BCUT2D eigenvalue weighted by molar-refractivity contribution is -0.119.